The van der Waals surface area contributed by atoms with Crippen LogP contribution >= 0.6 is 0 Å². The Morgan fingerprint density at radius 3 is 2.86 bits per heavy atom. The van der Waals surface area contributed by atoms with Crippen LogP contribution in [0.3, 0.4) is 0 Å². The number of esters is 1. The summed E-state index contributed by atoms with van der Waals surface area (Å²) in [4.78, 5) is 28.0. The number of H-pyrrole nitrogens is 1. The second-order valence-corrected chi connectivity index (χ2v) is 6.85. The number of ether oxygens (including phenoxy) is 1. The zero-order valence-electron chi connectivity index (χ0n) is 15.8. The monoisotopic (exact) mass is 393 g/mol. The minimum absolute atomic E-state index is 0.0334. The number of hydrogen-bond donors (Lipinski definition) is 2. The van der Waals surface area contributed by atoms with E-state index in [4.69, 9.17) is 4.74 Å². The molecule has 0 spiro atoms. The predicted molar refractivity (Wildman–Crippen MR) is 108 cm³/mol. The Labute approximate surface area is 166 Å². The summed E-state index contributed by atoms with van der Waals surface area (Å²) in [6, 6.07) is 13.1. The SMILES string of the molecule is COC(=O)[C@H](Cc1c[nH]c2ccccc12)NC(=O)Cn1ccc2ccc(F)cc21. The lowest BCUT2D eigenvalue weighted by Gasteiger charge is -2.17. The summed E-state index contributed by atoms with van der Waals surface area (Å²) in [5.41, 5.74) is 2.48. The van der Waals surface area contributed by atoms with Crippen LogP contribution in [-0.4, -0.2) is 34.6 Å². The number of nitrogens with one attached hydrogen (secondary N) is 2. The highest BCUT2D eigenvalue weighted by molar-refractivity contribution is 5.88. The van der Waals surface area contributed by atoms with E-state index >= 15 is 0 Å². The smallest absolute Gasteiger partial charge is 0.328 e. The number of aromatic nitrogens is 2. The van der Waals surface area contributed by atoms with Gasteiger partial charge in [0.05, 0.1) is 12.6 Å². The quantitative estimate of drug-likeness (QED) is 0.494. The molecular weight excluding hydrogens is 373 g/mol. The van der Waals surface area contributed by atoms with Gasteiger partial charge in [-0.05, 0) is 41.3 Å². The third-order valence-corrected chi connectivity index (χ3v) is 4.97. The molecule has 0 bridgehead atoms. The van der Waals surface area contributed by atoms with E-state index in [1.54, 1.807) is 16.8 Å². The van der Waals surface area contributed by atoms with Crippen molar-refractivity contribution in [2.24, 2.45) is 0 Å². The summed E-state index contributed by atoms with van der Waals surface area (Å²) in [6.45, 7) is -0.0334. The van der Waals surface area contributed by atoms with Crippen molar-refractivity contribution < 1.29 is 18.7 Å². The Bertz CT molecular complexity index is 1190. The maximum atomic E-state index is 13.6. The Balaban J connectivity index is 1.52. The van der Waals surface area contributed by atoms with E-state index in [9.17, 15) is 14.0 Å². The lowest BCUT2D eigenvalue weighted by Crippen LogP contribution is -2.44. The van der Waals surface area contributed by atoms with E-state index in [-0.39, 0.29) is 18.3 Å². The van der Waals surface area contributed by atoms with E-state index in [0.29, 0.717) is 11.9 Å². The molecule has 0 aliphatic carbocycles. The minimum atomic E-state index is -0.828. The van der Waals surface area contributed by atoms with Crippen LogP contribution in [0.2, 0.25) is 0 Å². The summed E-state index contributed by atoms with van der Waals surface area (Å²) < 4.78 is 20.1. The number of fused-ring (bicyclic) bond motifs is 2. The van der Waals surface area contributed by atoms with Gasteiger partial charge in [0.1, 0.15) is 18.4 Å². The van der Waals surface area contributed by atoms with E-state index < -0.39 is 12.0 Å². The number of amides is 1. The fourth-order valence-corrected chi connectivity index (χ4v) is 3.55. The molecule has 0 fully saturated rings. The van der Waals surface area contributed by atoms with Crippen molar-refractivity contribution in [1.29, 1.82) is 0 Å². The predicted octanol–water partition coefficient (Wildman–Crippen LogP) is 3.16. The molecule has 0 saturated heterocycles. The van der Waals surface area contributed by atoms with Crippen molar-refractivity contribution in [3.05, 3.63) is 72.3 Å². The number of carbonyl (C=O) groups excluding carboxylic acids is 2. The van der Waals surface area contributed by atoms with Gasteiger partial charge in [-0.15, -0.1) is 0 Å². The van der Waals surface area contributed by atoms with E-state index in [2.05, 4.69) is 10.3 Å². The summed E-state index contributed by atoms with van der Waals surface area (Å²) >= 11 is 0. The lowest BCUT2D eigenvalue weighted by molar-refractivity contribution is -0.145. The highest BCUT2D eigenvalue weighted by atomic mass is 19.1. The lowest BCUT2D eigenvalue weighted by atomic mass is 10.0. The maximum Gasteiger partial charge on any atom is 0.328 e. The van der Waals surface area contributed by atoms with Gasteiger partial charge in [-0.2, -0.15) is 0 Å². The minimum Gasteiger partial charge on any atom is -0.467 e. The molecule has 0 aliphatic rings. The number of aromatic amines is 1. The molecule has 1 amide bonds. The van der Waals surface area contributed by atoms with Crippen molar-refractivity contribution in [3.63, 3.8) is 0 Å². The highest BCUT2D eigenvalue weighted by Gasteiger charge is 2.23. The Morgan fingerprint density at radius 2 is 2.03 bits per heavy atom. The van der Waals surface area contributed by atoms with Gasteiger partial charge in [0.25, 0.3) is 0 Å². The topological polar surface area (TPSA) is 76.1 Å². The normalized spacial score (nSPS) is 12.2. The van der Waals surface area contributed by atoms with Crippen molar-refractivity contribution in [3.8, 4) is 0 Å². The number of carbonyl (C=O) groups is 2. The van der Waals surface area contributed by atoms with Gasteiger partial charge in [0, 0.05) is 29.7 Å². The Morgan fingerprint density at radius 1 is 1.21 bits per heavy atom. The molecule has 2 aromatic carbocycles. The van der Waals surface area contributed by atoms with Crippen LogP contribution in [0.15, 0.2) is 60.9 Å². The highest BCUT2D eigenvalue weighted by Crippen LogP contribution is 2.20. The first-order valence-corrected chi connectivity index (χ1v) is 9.22. The van der Waals surface area contributed by atoms with Gasteiger partial charge < -0.3 is 19.6 Å². The first-order chi connectivity index (χ1) is 14.0. The molecule has 0 saturated carbocycles. The molecule has 7 heteroatoms. The van der Waals surface area contributed by atoms with Gasteiger partial charge in [0.15, 0.2) is 0 Å². The summed E-state index contributed by atoms with van der Waals surface area (Å²) in [6.07, 6.45) is 3.84. The summed E-state index contributed by atoms with van der Waals surface area (Å²) in [5.74, 6) is -1.25. The van der Waals surface area contributed by atoms with Crippen molar-refractivity contribution >= 4 is 33.7 Å². The molecule has 2 heterocycles. The summed E-state index contributed by atoms with van der Waals surface area (Å²) in [7, 11) is 1.29. The van der Waals surface area contributed by atoms with Gasteiger partial charge >= 0.3 is 5.97 Å². The second-order valence-electron chi connectivity index (χ2n) is 6.85. The zero-order chi connectivity index (χ0) is 20.4. The number of hydrogen-bond acceptors (Lipinski definition) is 3. The van der Waals surface area contributed by atoms with Crippen molar-refractivity contribution in [2.75, 3.05) is 7.11 Å². The molecule has 2 N–H and O–H groups in total. The molecule has 4 rings (SSSR count). The average Bonchev–Trinajstić information content (AvgIpc) is 3.31. The molecule has 148 valence electrons. The first-order valence-electron chi connectivity index (χ1n) is 9.22. The molecule has 2 aromatic heterocycles. The van der Waals surface area contributed by atoms with E-state index in [1.165, 1.54) is 19.2 Å². The number of halogens is 1. The van der Waals surface area contributed by atoms with Crippen LogP contribution in [-0.2, 0) is 27.3 Å². The van der Waals surface area contributed by atoms with Crippen molar-refractivity contribution in [2.45, 2.75) is 19.0 Å². The van der Waals surface area contributed by atoms with E-state index in [1.807, 2.05) is 36.5 Å². The standard InChI is InChI=1S/C22H20FN3O3/c1-29-22(28)19(10-15-12-24-18-5-3-2-4-17(15)18)25-21(27)13-26-9-8-14-6-7-16(23)11-20(14)26/h2-9,11-12,19,24H,10,13H2,1H3,(H,25,27)/t19-/m0/s1. The third-order valence-electron chi connectivity index (χ3n) is 4.97. The number of para-hydroxylation sites is 1. The fourth-order valence-electron chi connectivity index (χ4n) is 3.55. The Kier molecular flexibility index (Phi) is 5.03. The molecule has 6 nitrogen and oxygen atoms in total. The van der Waals surface area contributed by atoms with E-state index in [0.717, 1.165) is 21.9 Å². The van der Waals surface area contributed by atoms with Gasteiger partial charge in [-0.25, -0.2) is 9.18 Å². The third kappa shape index (κ3) is 3.85. The number of methoxy groups -OCH3 is 1. The first kappa shape index (κ1) is 18.7. The maximum absolute atomic E-state index is 13.6. The van der Waals surface area contributed by atoms with Crippen LogP contribution < -0.4 is 5.32 Å². The second kappa shape index (κ2) is 7.79. The van der Waals surface area contributed by atoms with Crippen LogP contribution in [0.5, 0.6) is 0 Å². The van der Waals surface area contributed by atoms with Gasteiger partial charge in [-0.3, -0.25) is 4.79 Å². The molecule has 0 aliphatic heterocycles. The largest absolute Gasteiger partial charge is 0.467 e. The summed E-state index contributed by atoms with van der Waals surface area (Å²) in [5, 5.41) is 4.57. The molecular formula is C22H20FN3O3. The number of rotatable bonds is 6. The Hall–Kier alpha value is -3.61. The van der Waals surface area contributed by atoms with Crippen LogP contribution in [0.4, 0.5) is 4.39 Å². The molecule has 29 heavy (non-hydrogen) atoms. The number of nitrogens with zero attached hydrogens (tertiary/aromatic N) is 1. The van der Waals surface area contributed by atoms with Gasteiger partial charge in [0.2, 0.25) is 5.91 Å². The van der Waals surface area contributed by atoms with Crippen LogP contribution in [0.25, 0.3) is 21.8 Å². The fraction of sp³-hybridized carbons (Fsp3) is 0.182. The number of benzene rings is 2. The molecule has 1 atom stereocenters. The molecule has 0 radical (unpaired) electrons. The average molecular weight is 393 g/mol. The van der Waals surface area contributed by atoms with Crippen LogP contribution in [0.1, 0.15) is 5.56 Å². The van der Waals surface area contributed by atoms with Crippen LogP contribution in [0, 0.1) is 5.82 Å². The molecule has 0 unspecified atom stereocenters. The van der Waals surface area contributed by atoms with Crippen molar-refractivity contribution in [1.82, 2.24) is 14.9 Å². The zero-order valence-corrected chi connectivity index (χ0v) is 15.8. The van der Waals surface area contributed by atoms with Gasteiger partial charge in [-0.1, -0.05) is 18.2 Å². The molecule has 4 aromatic rings.